The van der Waals surface area contributed by atoms with E-state index in [1.165, 1.54) is 6.33 Å². The molecule has 96 valence electrons. The predicted molar refractivity (Wildman–Crippen MR) is 70.0 cm³/mol. The van der Waals surface area contributed by atoms with Crippen molar-refractivity contribution >= 4 is 17.5 Å². The third kappa shape index (κ3) is 2.82. The molecule has 0 radical (unpaired) electrons. The molecule has 6 heteroatoms. The van der Waals surface area contributed by atoms with Crippen molar-refractivity contribution < 1.29 is 9.57 Å². The average Bonchev–Trinajstić information content (AvgIpc) is 2.89. The van der Waals surface area contributed by atoms with E-state index in [4.69, 9.17) is 21.2 Å². The Balaban J connectivity index is 1.65. The quantitative estimate of drug-likeness (QED) is 0.845. The van der Waals surface area contributed by atoms with Gasteiger partial charge in [0.2, 0.25) is 5.90 Å². The van der Waals surface area contributed by atoms with Gasteiger partial charge in [0.1, 0.15) is 6.33 Å². The van der Waals surface area contributed by atoms with Gasteiger partial charge in [-0.1, -0.05) is 28.9 Å². The predicted octanol–water partition coefficient (Wildman–Crippen LogP) is 2.98. The Morgan fingerprint density at radius 1 is 1.16 bits per heavy atom. The summed E-state index contributed by atoms with van der Waals surface area (Å²) >= 11 is 5.85. The zero-order chi connectivity index (χ0) is 13.1. The summed E-state index contributed by atoms with van der Waals surface area (Å²) in [5.41, 5.74) is 1.01. The van der Waals surface area contributed by atoms with Crippen LogP contribution in [0.5, 0.6) is 5.75 Å². The highest BCUT2D eigenvalue weighted by Gasteiger charge is 2.24. The molecule has 2 aromatic rings. The van der Waals surface area contributed by atoms with Crippen molar-refractivity contribution in [2.24, 2.45) is 5.16 Å². The van der Waals surface area contributed by atoms with E-state index in [-0.39, 0.29) is 6.10 Å². The van der Waals surface area contributed by atoms with Crippen molar-refractivity contribution in [3.63, 3.8) is 0 Å². The lowest BCUT2D eigenvalue weighted by Crippen LogP contribution is -2.07. The van der Waals surface area contributed by atoms with Gasteiger partial charge in [0.15, 0.2) is 11.9 Å². The Bertz CT molecular complexity index is 587. The smallest absolute Gasteiger partial charge is 0.235 e. The zero-order valence-electron chi connectivity index (χ0n) is 9.86. The van der Waals surface area contributed by atoms with Crippen LogP contribution in [0.1, 0.15) is 18.1 Å². The fraction of sp³-hybridized carbons (Fsp3) is 0.154. The summed E-state index contributed by atoms with van der Waals surface area (Å²) in [6.07, 6.45) is 5.01. The minimum absolute atomic E-state index is 0.142. The second-order valence-electron chi connectivity index (χ2n) is 4.01. The maximum atomic E-state index is 5.85. The van der Waals surface area contributed by atoms with Crippen molar-refractivity contribution in [3.8, 4) is 5.75 Å². The number of halogens is 1. The van der Waals surface area contributed by atoms with E-state index in [0.29, 0.717) is 23.1 Å². The number of hydrogen-bond donors (Lipinski definition) is 0. The average molecular weight is 276 g/mol. The molecule has 3 rings (SSSR count). The van der Waals surface area contributed by atoms with Gasteiger partial charge < -0.3 is 9.57 Å². The van der Waals surface area contributed by atoms with Crippen LogP contribution in [0.4, 0.5) is 0 Å². The first-order chi connectivity index (χ1) is 9.31. The van der Waals surface area contributed by atoms with Crippen LogP contribution in [-0.4, -0.2) is 15.9 Å². The number of aromatic nitrogens is 2. The summed E-state index contributed by atoms with van der Waals surface area (Å²) in [7, 11) is 0. The molecule has 1 aromatic carbocycles. The molecule has 5 nitrogen and oxygen atoms in total. The lowest BCUT2D eigenvalue weighted by atomic mass is 10.1. The van der Waals surface area contributed by atoms with Crippen molar-refractivity contribution in [1.29, 1.82) is 0 Å². The molecule has 0 aliphatic carbocycles. The molecule has 0 bridgehead atoms. The van der Waals surface area contributed by atoms with E-state index in [1.807, 2.05) is 24.3 Å². The Labute approximate surface area is 114 Å². The molecule has 0 spiro atoms. The van der Waals surface area contributed by atoms with Crippen molar-refractivity contribution in [2.75, 3.05) is 0 Å². The number of ether oxygens (including phenoxy) is 1. The number of oxime groups is 1. The number of hydrogen-bond acceptors (Lipinski definition) is 5. The number of rotatable bonds is 2. The maximum absolute atomic E-state index is 5.85. The van der Waals surface area contributed by atoms with Crippen LogP contribution in [-0.2, 0) is 4.84 Å². The van der Waals surface area contributed by atoms with E-state index >= 15 is 0 Å². The summed E-state index contributed by atoms with van der Waals surface area (Å²) in [6, 6.07) is 7.47. The molecule has 19 heavy (non-hydrogen) atoms. The van der Waals surface area contributed by atoms with Crippen LogP contribution in [0.15, 0.2) is 48.1 Å². The molecule has 0 fully saturated rings. The van der Waals surface area contributed by atoms with Gasteiger partial charge in [0.05, 0.1) is 18.8 Å². The Morgan fingerprint density at radius 3 is 2.63 bits per heavy atom. The topological polar surface area (TPSA) is 56.6 Å². The van der Waals surface area contributed by atoms with Crippen LogP contribution in [0.3, 0.4) is 0 Å². The molecule has 0 amide bonds. The van der Waals surface area contributed by atoms with Gasteiger partial charge in [-0.05, 0) is 17.7 Å². The van der Waals surface area contributed by atoms with Crippen LogP contribution < -0.4 is 4.74 Å². The summed E-state index contributed by atoms with van der Waals surface area (Å²) in [6.45, 7) is 0. The van der Waals surface area contributed by atoms with Gasteiger partial charge in [0, 0.05) is 5.02 Å². The molecule has 0 saturated heterocycles. The Kier molecular flexibility index (Phi) is 3.29. The van der Waals surface area contributed by atoms with Gasteiger partial charge in [-0.2, -0.15) is 0 Å². The monoisotopic (exact) mass is 275 g/mol. The number of nitrogens with zero attached hydrogens (tertiary/aromatic N) is 3. The van der Waals surface area contributed by atoms with Gasteiger partial charge in [-0.25, -0.2) is 9.97 Å². The SMILES string of the molecule is Clc1ccc([C@H]2CC(Oc3cncnc3)=NO2)cc1. The maximum Gasteiger partial charge on any atom is 0.235 e. The first kappa shape index (κ1) is 11.9. The van der Waals surface area contributed by atoms with Crippen LogP contribution in [0.25, 0.3) is 0 Å². The fourth-order valence-corrected chi connectivity index (χ4v) is 1.87. The first-order valence-electron chi connectivity index (χ1n) is 5.72. The van der Waals surface area contributed by atoms with Crippen molar-refractivity contribution in [3.05, 3.63) is 53.6 Å². The lowest BCUT2D eigenvalue weighted by molar-refractivity contribution is 0.0855. The van der Waals surface area contributed by atoms with Crippen LogP contribution in [0, 0.1) is 0 Å². The first-order valence-corrected chi connectivity index (χ1v) is 6.10. The minimum Gasteiger partial charge on any atom is -0.436 e. The molecule has 1 aliphatic heterocycles. The van der Waals surface area contributed by atoms with E-state index in [9.17, 15) is 0 Å². The second kappa shape index (κ2) is 5.24. The summed E-state index contributed by atoms with van der Waals surface area (Å²) in [5, 5.41) is 4.61. The summed E-state index contributed by atoms with van der Waals surface area (Å²) < 4.78 is 5.52. The largest absolute Gasteiger partial charge is 0.436 e. The molecule has 1 aromatic heterocycles. The van der Waals surface area contributed by atoms with E-state index < -0.39 is 0 Å². The molecular formula is C13H10ClN3O2. The highest BCUT2D eigenvalue weighted by atomic mass is 35.5. The van der Waals surface area contributed by atoms with Crippen molar-refractivity contribution in [2.45, 2.75) is 12.5 Å². The second-order valence-corrected chi connectivity index (χ2v) is 4.45. The van der Waals surface area contributed by atoms with Crippen LogP contribution >= 0.6 is 11.6 Å². The molecule has 2 heterocycles. The van der Waals surface area contributed by atoms with E-state index in [0.717, 1.165) is 5.56 Å². The van der Waals surface area contributed by atoms with Crippen molar-refractivity contribution in [1.82, 2.24) is 9.97 Å². The van der Waals surface area contributed by atoms with E-state index in [2.05, 4.69) is 15.1 Å². The lowest BCUT2D eigenvalue weighted by Gasteiger charge is -2.07. The molecule has 0 N–H and O–H groups in total. The highest BCUT2D eigenvalue weighted by molar-refractivity contribution is 6.30. The van der Waals surface area contributed by atoms with Gasteiger partial charge in [-0.15, -0.1) is 0 Å². The van der Waals surface area contributed by atoms with Gasteiger partial charge >= 0.3 is 0 Å². The standard InChI is InChI=1S/C13H10ClN3O2/c14-10-3-1-9(2-4-10)12-5-13(17-19-12)18-11-6-15-8-16-7-11/h1-4,6-8,12H,5H2/t12-/m1/s1. The van der Waals surface area contributed by atoms with Gasteiger partial charge in [-0.3, -0.25) is 0 Å². The Morgan fingerprint density at radius 2 is 1.89 bits per heavy atom. The fourth-order valence-electron chi connectivity index (χ4n) is 1.75. The highest BCUT2D eigenvalue weighted by Crippen LogP contribution is 2.28. The van der Waals surface area contributed by atoms with Crippen LogP contribution in [0.2, 0.25) is 5.02 Å². The normalized spacial score (nSPS) is 17.7. The third-order valence-electron chi connectivity index (χ3n) is 2.66. The third-order valence-corrected chi connectivity index (χ3v) is 2.91. The summed E-state index contributed by atoms with van der Waals surface area (Å²) in [4.78, 5) is 13.1. The molecule has 1 aliphatic rings. The van der Waals surface area contributed by atoms with E-state index in [1.54, 1.807) is 12.4 Å². The zero-order valence-corrected chi connectivity index (χ0v) is 10.6. The molecule has 1 atom stereocenters. The Hall–Kier alpha value is -2.14. The van der Waals surface area contributed by atoms with Gasteiger partial charge in [0.25, 0.3) is 0 Å². The minimum atomic E-state index is -0.142. The molecular weight excluding hydrogens is 266 g/mol. The number of benzene rings is 1. The summed E-state index contributed by atoms with van der Waals surface area (Å²) in [5.74, 6) is 1.05. The molecule has 0 saturated carbocycles. The molecule has 0 unspecified atom stereocenters.